The van der Waals surface area contributed by atoms with E-state index in [1.807, 2.05) is 0 Å². The molecular weight excluding hydrogens is 472 g/mol. The number of rotatable bonds is 4. The van der Waals surface area contributed by atoms with Gasteiger partial charge < -0.3 is 9.29 Å². The molecule has 28 heavy (non-hydrogen) atoms. The molecule has 11 heteroatoms. The quantitative estimate of drug-likeness (QED) is 0.454. The van der Waals surface area contributed by atoms with Gasteiger partial charge in [-0.15, -0.1) is 0 Å². The fourth-order valence-electron chi connectivity index (χ4n) is 2.58. The van der Waals surface area contributed by atoms with Crippen LogP contribution < -0.4 is 34.3 Å². The number of methoxy groups -OCH3 is 1. The normalized spacial score (nSPS) is 12.4. The first-order valence-corrected chi connectivity index (χ1v) is 9.28. The van der Waals surface area contributed by atoms with Gasteiger partial charge in [-0.25, -0.2) is 0 Å². The standard InChI is InChI=1S/C17H12BrF3N2O3S.Na/c1-26-13-8-10(4-7-12(13)18)14-15(22-23-16(14)17(19,20)21)9-2-5-11(6-3-9)27(24)25;/h2-8H,1H3,(H,22,23)(H,24,25);/q;+1/p-1. The van der Waals surface area contributed by atoms with Crippen molar-refractivity contribution in [3.05, 3.63) is 52.6 Å². The van der Waals surface area contributed by atoms with E-state index in [1.165, 1.54) is 43.5 Å². The zero-order valence-electron chi connectivity index (χ0n) is 14.6. The molecule has 2 aromatic carbocycles. The van der Waals surface area contributed by atoms with Crippen molar-refractivity contribution in [3.8, 4) is 28.1 Å². The van der Waals surface area contributed by atoms with Crippen LogP contribution in [0.3, 0.4) is 0 Å². The van der Waals surface area contributed by atoms with Crippen LogP contribution in [-0.2, 0) is 17.3 Å². The van der Waals surface area contributed by atoms with E-state index in [1.54, 1.807) is 6.07 Å². The summed E-state index contributed by atoms with van der Waals surface area (Å²) in [6.07, 6.45) is -4.66. The van der Waals surface area contributed by atoms with E-state index in [-0.39, 0.29) is 51.3 Å². The largest absolute Gasteiger partial charge is 1.00 e. The Bertz CT molecular complexity index is 1010. The summed E-state index contributed by atoms with van der Waals surface area (Å²) < 4.78 is 68.2. The molecule has 1 aromatic heterocycles. The van der Waals surface area contributed by atoms with Gasteiger partial charge in [0.05, 0.1) is 11.6 Å². The van der Waals surface area contributed by atoms with Crippen LogP contribution in [-0.4, -0.2) is 26.1 Å². The molecule has 0 saturated heterocycles. The Kier molecular flexibility index (Phi) is 7.51. The smallest absolute Gasteiger partial charge is 0.768 e. The summed E-state index contributed by atoms with van der Waals surface area (Å²) in [5.41, 5.74) is -0.506. The van der Waals surface area contributed by atoms with Gasteiger partial charge in [0.25, 0.3) is 0 Å². The first kappa shape index (κ1) is 23.1. The number of ether oxygens (including phenoxy) is 1. The number of nitrogens with zero attached hydrogens (tertiary/aromatic N) is 1. The second kappa shape index (κ2) is 9.10. The van der Waals surface area contributed by atoms with Crippen molar-refractivity contribution < 1.29 is 56.2 Å². The number of nitrogens with one attached hydrogen (secondary N) is 1. The topological polar surface area (TPSA) is 78.0 Å². The van der Waals surface area contributed by atoms with Crippen LogP contribution in [0.1, 0.15) is 5.69 Å². The number of benzene rings is 2. The van der Waals surface area contributed by atoms with Gasteiger partial charge in [-0.3, -0.25) is 9.31 Å². The van der Waals surface area contributed by atoms with Gasteiger partial charge in [-0.2, -0.15) is 18.3 Å². The summed E-state index contributed by atoms with van der Waals surface area (Å²) >= 11 is 0.837. The molecule has 0 spiro atoms. The number of alkyl halides is 3. The molecule has 0 aliphatic heterocycles. The molecule has 5 nitrogen and oxygen atoms in total. The Morgan fingerprint density at radius 3 is 2.29 bits per heavy atom. The molecule has 0 fully saturated rings. The third-order valence-electron chi connectivity index (χ3n) is 3.81. The Morgan fingerprint density at radius 2 is 1.75 bits per heavy atom. The SMILES string of the molecule is COc1cc(-c2c(-c3ccc(S(=O)[O-])cc3)n[nH]c2C(F)(F)F)ccc1Br.[Na+]. The van der Waals surface area contributed by atoms with E-state index in [9.17, 15) is 21.9 Å². The van der Waals surface area contributed by atoms with Crippen LogP contribution in [0.15, 0.2) is 51.8 Å². The van der Waals surface area contributed by atoms with E-state index in [0.29, 0.717) is 15.8 Å². The van der Waals surface area contributed by atoms with E-state index in [0.717, 1.165) is 0 Å². The molecule has 1 N–H and O–H groups in total. The minimum Gasteiger partial charge on any atom is -0.768 e. The Balaban J connectivity index is 0.00000280. The van der Waals surface area contributed by atoms with E-state index in [4.69, 9.17) is 4.74 Å². The second-order valence-electron chi connectivity index (χ2n) is 5.43. The van der Waals surface area contributed by atoms with Crippen LogP contribution in [0.5, 0.6) is 5.75 Å². The van der Waals surface area contributed by atoms with Crippen LogP contribution in [0.25, 0.3) is 22.4 Å². The monoisotopic (exact) mass is 482 g/mol. The molecule has 1 atom stereocenters. The van der Waals surface area contributed by atoms with Crippen LogP contribution >= 0.6 is 15.9 Å². The Hall–Kier alpha value is -1.17. The molecular formula is C17H11BrF3N2NaO3S. The second-order valence-corrected chi connectivity index (χ2v) is 7.22. The molecule has 3 aromatic rings. The van der Waals surface area contributed by atoms with Crippen molar-refractivity contribution in [1.82, 2.24) is 10.2 Å². The molecule has 0 aliphatic carbocycles. The number of H-pyrrole nitrogens is 1. The summed E-state index contributed by atoms with van der Waals surface area (Å²) in [5.74, 6) is 0.366. The Morgan fingerprint density at radius 1 is 1.14 bits per heavy atom. The molecule has 0 bridgehead atoms. The molecule has 0 aliphatic rings. The first-order chi connectivity index (χ1) is 12.7. The number of aromatic nitrogens is 2. The first-order valence-electron chi connectivity index (χ1n) is 7.41. The van der Waals surface area contributed by atoms with Crippen LogP contribution in [0.2, 0.25) is 0 Å². The molecule has 0 radical (unpaired) electrons. The Labute approximate surface area is 191 Å². The molecule has 1 unspecified atom stereocenters. The number of hydrogen-bond donors (Lipinski definition) is 1. The van der Waals surface area contributed by atoms with Crippen LogP contribution in [0, 0.1) is 0 Å². The van der Waals surface area contributed by atoms with Crippen molar-refractivity contribution in [2.75, 3.05) is 7.11 Å². The summed E-state index contributed by atoms with van der Waals surface area (Å²) in [5, 5.41) is 5.88. The fraction of sp³-hybridized carbons (Fsp3) is 0.118. The molecule has 0 amide bonds. The molecule has 1 heterocycles. The van der Waals surface area contributed by atoms with Gasteiger partial charge in [0.1, 0.15) is 17.1 Å². The third kappa shape index (κ3) is 4.69. The van der Waals surface area contributed by atoms with Gasteiger partial charge in [-0.1, -0.05) is 18.2 Å². The maximum Gasteiger partial charge on any atom is 1.00 e. The van der Waals surface area contributed by atoms with Crippen molar-refractivity contribution in [1.29, 1.82) is 0 Å². The number of aromatic amines is 1. The van der Waals surface area contributed by atoms with Crippen molar-refractivity contribution in [2.45, 2.75) is 11.1 Å². The maximum absolute atomic E-state index is 13.5. The molecule has 3 rings (SSSR count). The van der Waals surface area contributed by atoms with E-state index >= 15 is 0 Å². The number of hydrogen-bond acceptors (Lipinski definition) is 4. The zero-order chi connectivity index (χ0) is 19.8. The zero-order valence-corrected chi connectivity index (χ0v) is 19.0. The summed E-state index contributed by atoms with van der Waals surface area (Å²) in [6, 6.07) is 9.96. The molecule has 142 valence electrons. The van der Waals surface area contributed by atoms with Crippen LogP contribution in [0.4, 0.5) is 13.2 Å². The van der Waals surface area contributed by atoms with Gasteiger partial charge in [0, 0.05) is 16.0 Å². The van der Waals surface area contributed by atoms with Gasteiger partial charge in [0.15, 0.2) is 0 Å². The minimum atomic E-state index is -4.66. The third-order valence-corrected chi connectivity index (χ3v) is 5.12. The summed E-state index contributed by atoms with van der Waals surface area (Å²) in [6.45, 7) is 0. The van der Waals surface area contributed by atoms with Crippen molar-refractivity contribution in [3.63, 3.8) is 0 Å². The summed E-state index contributed by atoms with van der Waals surface area (Å²) in [7, 11) is 1.41. The number of halogens is 4. The van der Waals surface area contributed by atoms with Gasteiger partial charge >= 0.3 is 35.7 Å². The van der Waals surface area contributed by atoms with Crippen molar-refractivity contribution >= 4 is 27.0 Å². The minimum absolute atomic E-state index is 0. The molecule has 0 saturated carbocycles. The van der Waals surface area contributed by atoms with E-state index in [2.05, 4.69) is 26.1 Å². The predicted octanol–water partition coefficient (Wildman–Crippen LogP) is 1.78. The van der Waals surface area contributed by atoms with Crippen molar-refractivity contribution in [2.24, 2.45) is 0 Å². The predicted molar refractivity (Wildman–Crippen MR) is 95.9 cm³/mol. The van der Waals surface area contributed by atoms with Gasteiger partial charge in [-0.05, 0) is 56.8 Å². The van der Waals surface area contributed by atoms with E-state index < -0.39 is 23.0 Å². The average Bonchev–Trinajstić information content (AvgIpc) is 3.07. The van der Waals surface area contributed by atoms with Gasteiger partial charge in [0.2, 0.25) is 0 Å². The fourth-order valence-corrected chi connectivity index (χ4v) is 3.34. The average molecular weight is 483 g/mol. The maximum atomic E-state index is 13.5. The summed E-state index contributed by atoms with van der Waals surface area (Å²) in [4.78, 5) is 0.0252.